The molecule has 0 aromatic carbocycles. The van der Waals surface area contributed by atoms with Gasteiger partial charge in [-0.2, -0.15) is 0 Å². The molecule has 3 unspecified atom stereocenters. The van der Waals surface area contributed by atoms with E-state index >= 15 is 0 Å². The fourth-order valence-electron chi connectivity index (χ4n) is 8.14. The molecule has 27 heavy (non-hydrogen) atoms. The molecule has 0 saturated heterocycles. The normalized spacial score (nSPS) is 49.8. The van der Waals surface area contributed by atoms with Crippen molar-refractivity contribution in [2.24, 2.45) is 40.2 Å². The van der Waals surface area contributed by atoms with Crippen molar-refractivity contribution in [3.05, 3.63) is 23.8 Å². The molecule has 4 aliphatic carbocycles. The number of aliphatic hydroxyl groups excluding tert-OH is 1. The van der Waals surface area contributed by atoms with Crippen molar-refractivity contribution in [3.63, 3.8) is 0 Å². The summed E-state index contributed by atoms with van der Waals surface area (Å²) in [6.07, 6.45) is 16.0. The van der Waals surface area contributed by atoms with Gasteiger partial charge in [-0.15, -0.1) is 0 Å². The van der Waals surface area contributed by atoms with E-state index in [1.165, 1.54) is 37.7 Å². The molecule has 5 rings (SSSR count). The van der Waals surface area contributed by atoms with Crippen LogP contribution in [0.15, 0.2) is 29.0 Å². The summed E-state index contributed by atoms with van der Waals surface area (Å²) in [7, 11) is 0. The van der Waals surface area contributed by atoms with Crippen LogP contribution in [0.25, 0.3) is 0 Å². The van der Waals surface area contributed by atoms with Gasteiger partial charge in [0.1, 0.15) is 0 Å². The van der Waals surface area contributed by atoms with Gasteiger partial charge < -0.3 is 15.1 Å². The van der Waals surface area contributed by atoms with E-state index < -0.39 is 0 Å². The summed E-state index contributed by atoms with van der Waals surface area (Å²) in [5, 5.41) is 22.9. The lowest BCUT2D eigenvalue weighted by Gasteiger charge is -2.58. The molecule has 1 spiro atoms. The number of ether oxygens (including phenoxy) is 1. The van der Waals surface area contributed by atoms with Gasteiger partial charge in [0, 0.05) is 17.9 Å². The molecule has 148 valence electrons. The first-order valence-electron chi connectivity index (χ1n) is 11.0. The van der Waals surface area contributed by atoms with E-state index in [0.29, 0.717) is 17.8 Å². The molecule has 3 fully saturated rings. The van der Waals surface area contributed by atoms with E-state index in [1.807, 2.05) is 0 Å². The summed E-state index contributed by atoms with van der Waals surface area (Å²) in [4.78, 5) is 0. The highest BCUT2D eigenvalue weighted by molar-refractivity contribution is 5.96. The number of nitrogens with zero attached hydrogens (tertiary/aromatic N) is 1. The molecule has 0 aromatic heterocycles. The maximum absolute atomic E-state index is 10.2. The van der Waals surface area contributed by atoms with Gasteiger partial charge in [0.15, 0.2) is 0 Å². The van der Waals surface area contributed by atoms with Crippen LogP contribution in [-0.4, -0.2) is 34.8 Å². The fraction of sp³-hybridized carbons (Fsp3) is 0.783. The minimum absolute atomic E-state index is 0.0223. The van der Waals surface area contributed by atoms with Crippen LogP contribution < -0.4 is 0 Å². The number of fused-ring (bicyclic) bond motifs is 6. The molecule has 4 heteroatoms. The standard InChI is InChI=1S/C23H33NO3/c1-2-22-9-6-18-17-5-4-16(24-26)13-19(17)15(14-25)12-20(18)21(22)7-10-23(22)8-3-11-27-23/h3,8,13,15,17-18,20-21,25-26H,2,4-7,9-12,14H2,1H3/b24-16+/t15-,17-,18?,20?,21?,22+,23+/m1/s1. The van der Waals surface area contributed by atoms with Crippen LogP contribution in [0, 0.1) is 35.0 Å². The van der Waals surface area contributed by atoms with Crippen LogP contribution in [0.4, 0.5) is 0 Å². The number of hydrogen-bond acceptors (Lipinski definition) is 4. The van der Waals surface area contributed by atoms with Crippen LogP contribution in [0.1, 0.15) is 58.3 Å². The summed E-state index contributed by atoms with van der Waals surface area (Å²) >= 11 is 0. The Morgan fingerprint density at radius 3 is 2.81 bits per heavy atom. The summed E-state index contributed by atoms with van der Waals surface area (Å²) in [5.41, 5.74) is 2.42. The lowest BCUT2D eigenvalue weighted by atomic mass is 9.48. The van der Waals surface area contributed by atoms with Gasteiger partial charge in [0.25, 0.3) is 0 Å². The van der Waals surface area contributed by atoms with E-state index in [1.54, 1.807) is 0 Å². The molecule has 4 nitrogen and oxygen atoms in total. The van der Waals surface area contributed by atoms with E-state index in [2.05, 4.69) is 30.3 Å². The number of oxime groups is 1. The molecule has 3 saturated carbocycles. The Morgan fingerprint density at radius 2 is 2.11 bits per heavy atom. The zero-order valence-electron chi connectivity index (χ0n) is 16.4. The fourth-order valence-corrected chi connectivity index (χ4v) is 8.14. The molecule has 2 N–H and O–H groups in total. The van der Waals surface area contributed by atoms with E-state index in [9.17, 15) is 10.3 Å². The molecule has 7 atom stereocenters. The first kappa shape index (κ1) is 17.9. The van der Waals surface area contributed by atoms with Gasteiger partial charge in [-0.1, -0.05) is 29.8 Å². The summed E-state index contributed by atoms with van der Waals surface area (Å²) in [5.74, 6) is 2.94. The van der Waals surface area contributed by atoms with Crippen molar-refractivity contribution < 1.29 is 15.1 Å². The van der Waals surface area contributed by atoms with E-state index in [0.717, 1.165) is 37.5 Å². The first-order valence-corrected chi connectivity index (χ1v) is 11.0. The van der Waals surface area contributed by atoms with Gasteiger partial charge in [-0.05, 0) is 81.1 Å². The minimum Gasteiger partial charge on any atom is -0.411 e. The molecule has 5 aliphatic rings. The van der Waals surface area contributed by atoms with Gasteiger partial charge in [-0.25, -0.2) is 0 Å². The van der Waals surface area contributed by atoms with E-state index in [4.69, 9.17) is 4.74 Å². The zero-order valence-corrected chi connectivity index (χ0v) is 16.4. The van der Waals surface area contributed by atoms with Crippen molar-refractivity contribution in [2.45, 2.75) is 63.9 Å². The molecule has 0 bridgehead atoms. The first-order chi connectivity index (χ1) is 13.2. The largest absolute Gasteiger partial charge is 0.411 e. The third-order valence-electron chi connectivity index (χ3n) is 9.19. The average molecular weight is 372 g/mol. The quantitative estimate of drug-likeness (QED) is 0.432. The van der Waals surface area contributed by atoms with E-state index in [-0.39, 0.29) is 23.5 Å². The van der Waals surface area contributed by atoms with Crippen LogP contribution in [0.3, 0.4) is 0 Å². The Morgan fingerprint density at radius 1 is 1.22 bits per heavy atom. The maximum Gasteiger partial charge on any atom is 0.0926 e. The third-order valence-corrected chi connectivity index (χ3v) is 9.19. The SMILES string of the molecule is CC[C@]12CCC3C(C[C@H](CO)C4=C/C(=N/O)CC[C@@H]43)C1CC[C@@]21C=CCO1. The zero-order chi connectivity index (χ0) is 18.6. The Bertz CT molecular complexity index is 698. The second-order valence-corrected chi connectivity index (χ2v) is 9.62. The van der Waals surface area contributed by atoms with Crippen molar-refractivity contribution in [3.8, 4) is 0 Å². The Balaban J connectivity index is 1.51. The highest BCUT2D eigenvalue weighted by atomic mass is 16.5. The maximum atomic E-state index is 10.2. The minimum atomic E-state index is -0.0223. The lowest BCUT2D eigenvalue weighted by Crippen LogP contribution is -2.54. The molecular weight excluding hydrogens is 338 g/mol. The highest BCUT2D eigenvalue weighted by Gasteiger charge is 2.65. The topological polar surface area (TPSA) is 62.1 Å². The second kappa shape index (κ2) is 6.45. The second-order valence-electron chi connectivity index (χ2n) is 9.62. The van der Waals surface area contributed by atoms with Gasteiger partial charge in [0.2, 0.25) is 0 Å². The number of allylic oxidation sites excluding steroid dienone is 1. The predicted molar refractivity (Wildman–Crippen MR) is 105 cm³/mol. The van der Waals surface area contributed by atoms with Crippen LogP contribution in [-0.2, 0) is 4.74 Å². The van der Waals surface area contributed by atoms with Crippen molar-refractivity contribution >= 4 is 5.71 Å². The van der Waals surface area contributed by atoms with Crippen molar-refractivity contribution in [2.75, 3.05) is 13.2 Å². The van der Waals surface area contributed by atoms with Crippen LogP contribution >= 0.6 is 0 Å². The Labute approximate surface area is 162 Å². The lowest BCUT2D eigenvalue weighted by molar-refractivity contribution is -0.126. The van der Waals surface area contributed by atoms with Crippen molar-refractivity contribution in [1.29, 1.82) is 0 Å². The molecule has 1 heterocycles. The average Bonchev–Trinajstić information content (AvgIpc) is 3.33. The van der Waals surface area contributed by atoms with Crippen molar-refractivity contribution in [1.82, 2.24) is 0 Å². The summed E-state index contributed by atoms with van der Waals surface area (Å²) in [6.45, 7) is 3.37. The van der Waals surface area contributed by atoms with Gasteiger partial charge >= 0.3 is 0 Å². The third kappa shape index (κ3) is 2.32. The Hall–Kier alpha value is -1.13. The number of rotatable bonds is 2. The number of hydrogen-bond donors (Lipinski definition) is 2. The summed E-state index contributed by atoms with van der Waals surface area (Å²) < 4.78 is 6.42. The van der Waals surface area contributed by atoms with Gasteiger partial charge in [-0.3, -0.25) is 0 Å². The van der Waals surface area contributed by atoms with Crippen LogP contribution in [0.2, 0.25) is 0 Å². The van der Waals surface area contributed by atoms with Crippen LogP contribution in [0.5, 0.6) is 0 Å². The smallest absolute Gasteiger partial charge is 0.0926 e. The molecule has 0 radical (unpaired) electrons. The predicted octanol–water partition coefficient (Wildman–Crippen LogP) is 4.32. The highest BCUT2D eigenvalue weighted by Crippen LogP contribution is 2.68. The molecule has 0 aromatic rings. The molecule has 0 amide bonds. The molecule has 1 aliphatic heterocycles. The molecular formula is C23H33NO3. The number of aliphatic hydroxyl groups is 1. The van der Waals surface area contributed by atoms with Gasteiger partial charge in [0.05, 0.1) is 17.9 Å². The monoisotopic (exact) mass is 371 g/mol. The summed E-state index contributed by atoms with van der Waals surface area (Å²) in [6, 6.07) is 0. The Kier molecular flexibility index (Phi) is 4.28.